The van der Waals surface area contributed by atoms with Gasteiger partial charge in [-0.3, -0.25) is 0 Å². The predicted octanol–water partition coefficient (Wildman–Crippen LogP) is 2.38. The summed E-state index contributed by atoms with van der Waals surface area (Å²) in [4.78, 5) is 9.79. The number of anilines is 1. The van der Waals surface area contributed by atoms with Crippen molar-refractivity contribution in [2.24, 2.45) is 0 Å². The van der Waals surface area contributed by atoms with Gasteiger partial charge in [0, 0.05) is 31.4 Å². The molecule has 0 spiro atoms. The van der Waals surface area contributed by atoms with Crippen LogP contribution in [0.1, 0.15) is 31.7 Å². The minimum atomic E-state index is -0.570. The number of fused-ring (bicyclic) bond motifs is 1. The fourth-order valence-corrected chi connectivity index (χ4v) is 4.00. The van der Waals surface area contributed by atoms with Crippen molar-refractivity contribution < 1.29 is 14.6 Å². The molecule has 170 valence electrons. The van der Waals surface area contributed by atoms with Crippen LogP contribution in [0, 0.1) is 0 Å². The van der Waals surface area contributed by atoms with E-state index in [1.807, 2.05) is 35.1 Å². The van der Waals surface area contributed by atoms with Crippen LogP contribution in [-0.4, -0.2) is 70.4 Å². The van der Waals surface area contributed by atoms with Gasteiger partial charge in [0.1, 0.15) is 24.3 Å². The van der Waals surface area contributed by atoms with E-state index >= 15 is 0 Å². The Morgan fingerprint density at radius 2 is 2.06 bits per heavy atom. The van der Waals surface area contributed by atoms with Crippen LogP contribution in [0.15, 0.2) is 30.5 Å². The number of rotatable bonds is 9. The number of aliphatic hydroxyl groups is 1. The summed E-state index contributed by atoms with van der Waals surface area (Å²) in [7, 11) is 1.80. The normalized spacial score (nSPS) is 18.1. The monoisotopic (exact) mass is 438 g/mol. The van der Waals surface area contributed by atoms with Crippen molar-refractivity contribution in [2.45, 2.75) is 43.9 Å². The maximum absolute atomic E-state index is 9.93. The molecule has 3 heterocycles. The van der Waals surface area contributed by atoms with Crippen molar-refractivity contribution in [1.29, 1.82) is 0 Å². The Balaban J connectivity index is 1.46. The Kier molecular flexibility index (Phi) is 6.20. The highest BCUT2D eigenvalue weighted by molar-refractivity contribution is 5.88. The molecule has 3 aromatic rings. The molecule has 1 aliphatic heterocycles. The van der Waals surface area contributed by atoms with Crippen LogP contribution in [0.2, 0.25) is 0 Å². The summed E-state index contributed by atoms with van der Waals surface area (Å²) in [6.45, 7) is 2.22. The number of benzene rings is 1. The molecular weight excluding hydrogens is 408 g/mol. The number of aliphatic hydroxyl groups excluding tert-OH is 1. The highest BCUT2D eigenvalue weighted by Crippen LogP contribution is 2.38. The van der Waals surface area contributed by atoms with Crippen molar-refractivity contribution >= 4 is 16.9 Å². The van der Waals surface area contributed by atoms with Crippen LogP contribution >= 0.6 is 0 Å². The Hall–Kier alpha value is -2.75. The average molecular weight is 439 g/mol. The molecule has 0 amide bonds. The zero-order chi connectivity index (χ0) is 21.9. The van der Waals surface area contributed by atoms with Gasteiger partial charge in [-0.15, -0.1) is 0 Å². The number of nitrogens with zero attached hydrogens (tertiary/aromatic N) is 4. The minimum absolute atomic E-state index is 0.217. The van der Waals surface area contributed by atoms with E-state index < -0.39 is 6.10 Å². The summed E-state index contributed by atoms with van der Waals surface area (Å²) in [6.07, 6.45) is 5.49. The van der Waals surface area contributed by atoms with Gasteiger partial charge >= 0.3 is 0 Å². The molecule has 2 aromatic heterocycles. The van der Waals surface area contributed by atoms with Crippen LogP contribution in [-0.2, 0) is 4.74 Å². The fraction of sp³-hybridized carbons (Fsp3) is 0.522. The van der Waals surface area contributed by atoms with Crippen LogP contribution in [0.5, 0.6) is 5.75 Å². The number of ether oxygens (including phenoxy) is 2. The first-order valence-corrected chi connectivity index (χ1v) is 11.4. The molecule has 32 heavy (non-hydrogen) atoms. The van der Waals surface area contributed by atoms with Crippen LogP contribution in [0.3, 0.4) is 0 Å². The van der Waals surface area contributed by atoms with E-state index in [0.717, 1.165) is 61.3 Å². The lowest BCUT2D eigenvalue weighted by Crippen LogP contribution is -2.29. The first kappa shape index (κ1) is 21.1. The molecule has 2 fully saturated rings. The molecule has 1 saturated heterocycles. The van der Waals surface area contributed by atoms with Gasteiger partial charge in [0.15, 0.2) is 11.5 Å². The lowest BCUT2D eigenvalue weighted by atomic mass is 10.1. The topological polar surface area (TPSA) is 106 Å². The first-order valence-electron chi connectivity index (χ1n) is 11.4. The maximum atomic E-state index is 9.93. The number of likely N-dealkylation sites (N-methyl/N-ethyl adjacent to an activating group) is 1. The van der Waals surface area contributed by atoms with E-state index in [2.05, 4.69) is 15.7 Å². The maximum Gasteiger partial charge on any atom is 0.164 e. The zero-order valence-corrected chi connectivity index (χ0v) is 18.3. The van der Waals surface area contributed by atoms with Gasteiger partial charge in [-0.25, -0.2) is 14.6 Å². The molecule has 1 aliphatic carbocycles. The second-order valence-electron chi connectivity index (χ2n) is 8.53. The van der Waals surface area contributed by atoms with E-state index in [9.17, 15) is 5.11 Å². The molecule has 3 N–H and O–H groups in total. The predicted molar refractivity (Wildman–Crippen MR) is 122 cm³/mol. The van der Waals surface area contributed by atoms with E-state index in [4.69, 9.17) is 19.4 Å². The number of nitrogens with one attached hydrogen (secondary N) is 2. The summed E-state index contributed by atoms with van der Waals surface area (Å²) in [5.41, 5.74) is 1.73. The van der Waals surface area contributed by atoms with Crippen molar-refractivity contribution in [3.63, 3.8) is 0 Å². The molecule has 2 aliphatic rings. The number of hydrogen-bond acceptors (Lipinski definition) is 8. The third kappa shape index (κ3) is 4.69. The number of hydrogen-bond donors (Lipinski definition) is 3. The summed E-state index contributed by atoms with van der Waals surface area (Å²) in [6, 6.07) is 8.45. The minimum Gasteiger partial charge on any atom is -0.491 e. The Labute approximate surface area is 187 Å². The molecule has 0 radical (unpaired) electrons. The molecule has 1 saturated carbocycles. The lowest BCUT2D eigenvalue weighted by molar-refractivity contribution is 0.0904. The first-order chi connectivity index (χ1) is 15.7. The second kappa shape index (κ2) is 9.40. The van der Waals surface area contributed by atoms with Gasteiger partial charge in [0.05, 0.1) is 17.6 Å². The van der Waals surface area contributed by atoms with Crippen LogP contribution < -0.4 is 15.4 Å². The Morgan fingerprint density at radius 1 is 1.22 bits per heavy atom. The van der Waals surface area contributed by atoms with Gasteiger partial charge in [0.25, 0.3) is 0 Å². The van der Waals surface area contributed by atoms with Gasteiger partial charge in [0.2, 0.25) is 0 Å². The van der Waals surface area contributed by atoms with Gasteiger partial charge in [-0.05, 0) is 44.9 Å². The quantitative estimate of drug-likeness (QED) is 0.468. The molecule has 1 unspecified atom stereocenters. The smallest absolute Gasteiger partial charge is 0.164 e. The average Bonchev–Trinajstić information content (AvgIpc) is 3.57. The van der Waals surface area contributed by atoms with E-state index in [-0.39, 0.29) is 6.61 Å². The van der Waals surface area contributed by atoms with E-state index in [1.54, 1.807) is 7.05 Å². The molecule has 1 atom stereocenters. The highest BCUT2D eigenvalue weighted by atomic mass is 16.5. The fourth-order valence-electron chi connectivity index (χ4n) is 4.00. The summed E-state index contributed by atoms with van der Waals surface area (Å²) >= 11 is 0. The standard InChI is InChI=1S/C23H30N6O3/c1-24-12-18(30)14-32-19-4-2-3-15(11-19)21-27-22(26-16-7-9-31-10-8-16)20-13-25-29(17-5-6-17)23(20)28-21/h2-4,11,13,16-18,24,30H,5-10,12,14H2,1H3,(H,26,27,28). The molecule has 9 nitrogen and oxygen atoms in total. The van der Waals surface area contributed by atoms with Crippen LogP contribution in [0.25, 0.3) is 22.4 Å². The van der Waals surface area contributed by atoms with Gasteiger partial charge in [-0.2, -0.15) is 5.10 Å². The van der Waals surface area contributed by atoms with Gasteiger partial charge in [-0.1, -0.05) is 12.1 Å². The largest absolute Gasteiger partial charge is 0.491 e. The SMILES string of the molecule is CNCC(O)COc1cccc(-c2nc(NC3CCOCC3)c3cnn(C4CC4)c3n2)c1. The Morgan fingerprint density at radius 3 is 2.84 bits per heavy atom. The summed E-state index contributed by atoms with van der Waals surface area (Å²) in [5.74, 6) is 2.13. The van der Waals surface area contributed by atoms with E-state index in [0.29, 0.717) is 30.2 Å². The number of aromatic nitrogens is 4. The summed E-state index contributed by atoms with van der Waals surface area (Å²) in [5, 5.41) is 22.1. The molecule has 1 aromatic carbocycles. The molecular formula is C23H30N6O3. The van der Waals surface area contributed by atoms with Crippen molar-refractivity contribution in [3.8, 4) is 17.1 Å². The molecule has 0 bridgehead atoms. The summed E-state index contributed by atoms with van der Waals surface area (Å²) < 4.78 is 13.3. The van der Waals surface area contributed by atoms with Gasteiger partial charge < -0.3 is 25.2 Å². The third-order valence-corrected chi connectivity index (χ3v) is 5.88. The van der Waals surface area contributed by atoms with E-state index in [1.165, 1.54) is 0 Å². The molecule has 5 rings (SSSR count). The van der Waals surface area contributed by atoms with Crippen molar-refractivity contribution in [2.75, 3.05) is 38.7 Å². The van der Waals surface area contributed by atoms with Crippen LogP contribution in [0.4, 0.5) is 5.82 Å². The third-order valence-electron chi connectivity index (χ3n) is 5.88. The molecule has 9 heteroatoms. The van der Waals surface area contributed by atoms with Crippen molar-refractivity contribution in [1.82, 2.24) is 25.1 Å². The Bertz CT molecular complexity index is 1060. The lowest BCUT2D eigenvalue weighted by Gasteiger charge is -2.24. The van der Waals surface area contributed by atoms with Crippen molar-refractivity contribution in [3.05, 3.63) is 30.5 Å². The zero-order valence-electron chi connectivity index (χ0n) is 18.3. The highest BCUT2D eigenvalue weighted by Gasteiger charge is 2.28. The second-order valence-corrected chi connectivity index (χ2v) is 8.53.